The van der Waals surface area contributed by atoms with Crippen molar-refractivity contribution in [2.24, 2.45) is 5.92 Å². The van der Waals surface area contributed by atoms with E-state index in [0.29, 0.717) is 29.7 Å². The lowest BCUT2D eigenvalue weighted by molar-refractivity contribution is 0.809. The van der Waals surface area contributed by atoms with E-state index in [9.17, 15) is 15.8 Å². The monoisotopic (exact) mass is 671 g/mol. The van der Waals surface area contributed by atoms with Gasteiger partial charge in [-0.15, -0.1) is 0 Å². The topological polar surface area (TPSA) is 81.2 Å². The predicted octanol–water partition coefficient (Wildman–Crippen LogP) is 11.2. The van der Waals surface area contributed by atoms with Gasteiger partial charge in [0.15, 0.2) is 0 Å². The van der Waals surface area contributed by atoms with Crippen LogP contribution in [0.4, 0.5) is 0 Å². The molecule has 1 unspecified atom stereocenters. The molecule has 0 spiro atoms. The molecule has 5 heteroatoms. The van der Waals surface area contributed by atoms with E-state index in [4.69, 9.17) is 0 Å². The highest BCUT2D eigenvalue weighted by molar-refractivity contribution is 5.94. The molecule has 0 saturated heterocycles. The average Bonchev–Trinajstić information content (AvgIpc) is 3.70. The first-order valence-electron chi connectivity index (χ1n) is 17.5. The number of benzene rings is 3. The van der Waals surface area contributed by atoms with E-state index in [1.54, 1.807) is 0 Å². The Hall–Kier alpha value is -6.87. The van der Waals surface area contributed by atoms with Crippen LogP contribution in [0, 0.1) is 39.9 Å². The summed E-state index contributed by atoms with van der Waals surface area (Å²) >= 11 is 0. The molecule has 52 heavy (non-hydrogen) atoms. The van der Waals surface area contributed by atoms with E-state index in [-0.39, 0.29) is 5.92 Å². The van der Waals surface area contributed by atoms with Gasteiger partial charge < -0.3 is 9.13 Å². The molecule has 0 amide bonds. The summed E-state index contributed by atoms with van der Waals surface area (Å²) in [7, 11) is 0. The lowest BCUT2D eigenvalue weighted by Gasteiger charge is -2.15. The van der Waals surface area contributed by atoms with Gasteiger partial charge in [-0.25, -0.2) is 0 Å². The Morgan fingerprint density at radius 2 is 1.65 bits per heavy atom. The summed E-state index contributed by atoms with van der Waals surface area (Å²) in [6.07, 6.45) is 23.4. The third kappa shape index (κ3) is 6.20. The van der Waals surface area contributed by atoms with Crippen molar-refractivity contribution in [2.45, 2.75) is 32.6 Å². The zero-order valence-corrected chi connectivity index (χ0v) is 29.2. The Morgan fingerprint density at radius 3 is 2.42 bits per heavy atom. The van der Waals surface area contributed by atoms with Crippen LogP contribution in [0.2, 0.25) is 0 Å². The van der Waals surface area contributed by atoms with Gasteiger partial charge in [-0.05, 0) is 97.4 Å². The van der Waals surface area contributed by atoms with E-state index in [1.165, 1.54) is 10.9 Å². The number of rotatable bonds is 9. The number of aromatic nitrogens is 2. The molecular weight excluding hydrogens is 635 g/mol. The summed E-state index contributed by atoms with van der Waals surface area (Å²) in [4.78, 5) is 0. The Labute approximate surface area is 305 Å². The van der Waals surface area contributed by atoms with Crippen LogP contribution in [0.25, 0.3) is 50.9 Å². The molecular formula is C47H37N5. The number of allylic oxidation sites excluding steroid dienone is 12. The molecule has 1 atom stereocenters. The molecule has 0 saturated carbocycles. The van der Waals surface area contributed by atoms with Crippen molar-refractivity contribution in [3.8, 4) is 23.9 Å². The SMILES string of the molecule is C=C(/C=C\C=C(/C)C/C=C\C=C(\C#N)C(=C)n1c2c(c3ccccc31)CCC=C2)c1ccc(-n2c3c(c4ccccc42)CC(C#N)C=C3)cc1C#N. The fraction of sp³-hybridized carbons (Fsp3) is 0.128. The minimum absolute atomic E-state index is 0.147. The molecule has 0 fully saturated rings. The molecule has 0 bridgehead atoms. The van der Waals surface area contributed by atoms with Gasteiger partial charge in [0.25, 0.3) is 0 Å². The van der Waals surface area contributed by atoms with Crippen molar-refractivity contribution < 1.29 is 0 Å². The quantitative estimate of drug-likeness (QED) is 0.115. The van der Waals surface area contributed by atoms with Crippen molar-refractivity contribution in [2.75, 3.05) is 0 Å². The van der Waals surface area contributed by atoms with E-state index < -0.39 is 0 Å². The molecule has 2 heterocycles. The number of aryl methyl sites for hydroxylation is 1. The van der Waals surface area contributed by atoms with E-state index in [2.05, 4.69) is 89.9 Å². The van der Waals surface area contributed by atoms with Crippen molar-refractivity contribution in [3.05, 3.63) is 173 Å². The molecule has 0 radical (unpaired) electrons. The third-order valence-corrected chi connectivity index (χ3v) is 9.90. The van der Waals surface area contributed by atoms with Crippen LogP contribution in [0.1, 0.15) is 53.4 Å². The average molecular weight is 672 g/mol. The van der Waals surface area contributed by atoms with Crippen LogP contribution >= 0.6 is 0 Å². The number of para-hydroxylation sites is 2. The number of nitriles is 3. The zero-order valence-electron chi connectivity index (χ0n) is 29.2. The van der Waals surface area contributed by atoms with Crippen LogP contribution < -0.4 is 0 Å². The molecule has 3 aromatic carbocycles. The van der Waals surface area contributed by atoms with E-state index >= 15 is 0 Å². The summed E-state index contributed by atoms with van der Waals surface area (Å²) < 4.78 is 4.28. The van der Waals surface area contributed by atoms with Crippen LogP contribution in [0.5, 0.6) is 0 Å². The zero-order chi connectivity index (χ0) is 36.2. The molecule has 0 N–H and O–H groups in total. The molecule has 2 aliphatic rings. The second-order valence-corrected chi connectivity index (χ2v) is 13.2. The predicted molar refractivity (Wildman–Crippen MR) is 214 cm³/mol. The van der Waals surface area contributed by atoms with Gasteiger partial charge in [0.2, 0.25) is 0 Å². The van der Waals surface area contributed by atoms with Crippen LogP contribution in [0.3, 0.4) is 0 Å². The minimum atomic E-state index is -0.147. The van der Waals surface area contributed by atoms with Gasteiger partial charge >= 0.3 is 0 Å². The molecule has 2 aliphatic carbocycles. The number of hydrogen-bond acceptors (Lipinski definition) is 3. The first-order chi connectivity index (χ1) is 25.4. The standard InChI is InChI=1S/C47H37N5/c1-32(13-4-5-16-36(30-49)34(3)51-44-20-9-6-17-40(44)41-18-7-10-21-45(41)51)14-12-15-33(2)39-25-24-38(28-37(39)31-50)52-46-22-11-8-19-42(46)43-27-35(29-48)23-26-47(43)52/h4-6,8-12,14-17,19-26,28,35H,2-3,7,13,18,27H2,1H3/b5-4-,15-12-,32-14+,36-16-. The molecule has 250 valence electrons. The Kier molecular flexibility index (Phi) is 9.40. The Morgan fingerprint density at radius 1 is 0.885 bits per heavy atom. The maximum atomic E-state index is 10.2. The first-order valence-corrected chi connectivity index (χ1v) is 17.5. The first kappa shape index (κ1) is 33.6. The summed E-state index contributed by atoms with van der Waals surface area (Å²) in [6.45, 7) is 10.7. The maximum absolute atomic E-state index is 10.2. The van der Waals surface area contributed by atoms with E-state index in [0.717, 1.165) is 68.6 Å². The highest BCUT2D eigenvalue weighted by Gasteiger charge is 2.23. The Balaban J connectivity index is 1.05. The lowest BCUT2D eigenvalue weighted by atomic mass is 9.93. The fourth-order valence-electron chi connectivity index (χ4n) is 7.32. The van der Waals surface area contributed by atoms with Gasteiger partial charge in [0.05, 0.1) is 45.9 Å². The van der Waals surface area contributed by atoms with E-state index in [1.807, 2.05) is 85.0 Å². The Bertz CT molecular complexity index is 2600. The van der Waals surface area contributed by atoms with Gasteiger partial charge in [0.1, 0.15) is 6.07 Å². The summed E-state index contributed by atoms with van der Waals surface area (Å²) in [6, 6.07) is 29.5. The summed E-state index contributed by atoms with van der Waals surface area (Å²) in [5.74, 6) is -0.147. The largest absolute Gasteiger partial charge is 0.310 e. The normalized spacial score (nSPS) is 15.5. The van der Waals surface area contributed by atoms with Gasteiger partial charge in [-0.2, -0.15) is 15.8 Å². The fourth-order valence-corrected chi connectivity index (χ4v) is 7.32. The van der Waals surface area contributed by atoms with Crippen LogP contribution in [-0.2, 0) is 12.8 Å². The van der Waals surface area contributed by atoms with Crippen LogP contribution in [-0.4, -0.2) is 9.13 Å². The van der Waals surface area contributed by atoms with Crippen molar-refractivity contribution in [1.82, 2.24) is 9.13 Å². The van der Waals surface area contributed by atoms with Gasteiger partial charge in [-0.1, -0.05) is 104 Å². The van der Waals surface area contributed by atoms with Crippen molar-refractivity contribution >= 4 is 45.2 Å². The van der Waals surface area contributed by atoms with Crippen molar-refractivity contribution in [1.29, 1.82) is 15.8 Å². The van der Waals surface area contributed by atoms with Gasteiger partial charge in [0, 0.05) is 27.8 Å². The smallest absolute Gasteiger partial charge is 0.101 e. The van der Waals surface area contributed by atoms with Crippen molar-refractivity contribution in [3.63, 3.8) is 0 Å². The van der Waals surface area contributed by atoms with Gasteiger partial charge in [-0.3, -0.25) is 0 Å². The molecule has 0 aliphatic heterocycles. The number of hydrogen-bond donors (Lipinski definition) is 0. The summed E-state index contributed by atoms with van der Waals surface area (Å²) in [5.41, 5.74) is 12.0. The molecule has 5 aromatic rings. The highest BCUT2D eigenvalue weighted by atomic mass is 15.0. The lowest BCUT2D eigenvalue weighted by Crippen LogP contribution is -2.06. The number of fused-ring (bicyclic) bond motifs is 6. The van der Waals surface area contributed by atoms with Crippen LogP contribution in [0.15, 0.2) is 140 Å². The second-order valence-electron chi connectivity index (χ2n) is 13.2. The second kappa shape index (κ2) is 14.5. The summed E-state index contributed by atoms with van der Waals surface area (Å²) in [5, 5.41) is 32.1. The number of nitrogens with zero attached hydrogens (tertiary/aromatic N) is 5. The molecule has 7 rings (SSSR count). The minimum Gasteiger partial charge on any atom is -0.310 e. The maximum Gasteiger partial charge on any atom is 0.101 e. The highest BCUT2D eigenvalue weighted by Crippen LogP contribution is 2.37. The molecule has 2 aromatic heterocycles. The third-order valence-electron chi connectivity index (χ3n) is 9.90. The molecule has 5 nitrogen and oxygen atoms in total.